The molecular weight excluding hydrogens is 249 g/mol. The molecule has 1 aliphatic heterocycles. The molecule has 18 heavy (non-hydrogen) atoms. The van der Waals surface area contributed by atoms with E-state index in [1.807, 2.05) is 0 Å². The van der Waals surface area contributed by atoms with Gasteiger partial charge in [0.05, 0.1) is 6.54 Å². The Balaban J connectivity index is 2.48. The van der Waals surface area contributed by atoms with E-state index >= 15 is 0 Å². The van der Waals surface area contributed by atoms with E-state index in [4.69, 9.17) is 4.74 Å². The van der Waals surface area contributed by atoms with Crippen molar-refractivity contribution < 1.29 is 22.7 Å². The van der Waals surface area contributed by atoms with Crippen molar-refractivity contribution in [3.05, 3.63) is 0 Å². The van der Waals surface area contributed by atoms with Crippen molar-refractivity contribution in [2.75, 3.05) is 39.8 Å². The first kappa shape index (κ1) is 15.2. The number of alkyl halides is 3. The molecule has 106 valence electrons. The Morgan fingerprint density at radius 3 is 2.50 bits per heavy atom. The van der Waals surface area contributed by atoms with Crippen molar-refractivity contribution in [1.82, 2.24) is 9.80 Å². The lowest BCUT2D eigenvalue weighted by Gasteiger charge is -2.24. The summed E-state index contributed by atoms with van der Waals surface area (Å²) in [5, 5.41) is 0. The second-order valence-corrected chi connectivity index (χ2v) is 4.45. The van der Waals surface area contributed by atoms with E-state index in [1.165, 1.54) is 12.0 Å². The van der Waals surface area contributed by atoms with E-state index in [0.29, 0.717) is 26.1 Å². The molecule has 0 aliphatic carbocycles. The molecule has 0 aromatic rings. The zero-order chi connectivity index (χ0) is 13.8. The SMILES string of the molecule is COC(C)C(=O)N1CCCN(CC(F)(F)F)CC1. The number of amides is 1. The van der Waals surface area contributed by atoms with Gasteiger partial charge in [-0.25, -0.2) is 0 Å². The Morgan fingerprint density at radius 1 is 1.28 bits per heavy atom. The molecule has 1 atom stereocenters. The van der Waals surface area contributed by atoms with Gasteiger partial charge in [-0.3, -0.25) is 9.69 Å². The predicted octanol–water partition coefficient (Wildman–Crippen LogP) is 1.12. The summed E-state index contributed by atoms with van der Waals surface area (Å²) in [6.45, 7) is 2.16. The van der Waals surface area contributed by atoms with Crippen LogP contribution in [0.15, 0.2) is 0 Å². The zero-order valence-electron chi connectivity index (χ0n) is 10.7. The van der Waals surface area contributed by atoms with Gasteiger partial charge in [0.25, 0.3) is 5.91 Å². The first-order valence-electron chi connectivity index (χ1n) is 5.94. The number of carbonyl (C=O) groups is 1. The lowest BCUT2D eigenvalue weighted by atomic mass is 10.3. The molecule has 1 rings (SSSR count). The van der Waals surface area contributed by atoms with Crippen LogP contribution in [0.2, 0.25) is 0 Å². The van der Waals surface area contributed by atoms with Crippen molar-refractivity contribution in [1.29, 1.82) is 0 Å². The van der Waals surface area contributed by atoms with Crippen LogP contribution in [-0.4, -0.2) is 67.8 Å². The summed E-state index contributed by atoms with van der Waals surface area (Å²) in [7, 11) is 1.44. The standard InChI is InChI=1S/C11H19F3N2O2/c1-9(18-2)10(17)16-5-3-4-15(6-7-16)8-11(12,13)14/h9H,3-8H2,1-2H3. The van der Waals surface area contributed by atoms with Gasteiger partial charge in [-0.1, -0.05) is 0 Å². The lowest BCUT2D eigenvalue weighted by Crippen LogP contribution is -2.42. The van der Waals surface area contributed by atoms with Gasteiger partial charge < -0.3 is 9.64 Å². The van der Waals surface area contributed by atoms with Crippen LogP contribution in [0.1, 0.15) is 13.3 Å². The van der Waals surface area contributed by atoms with Gasteiger partial charge >= 0.3 is 6.18 Å². The molecule has 4 nitrogen and oxygen atoms in total. The van der Waals surface area contributed by atoms with Crippen LogP contribution < -0.4 is 0 Å². The van der Waals surface area contributed by atoms with Crippen LogP contribution in [-0.2, 0) is 9.53 Å². The molecule has 0 spiro atoms. The Bertz CT molecular complexity index is 284. The minimum Gasteiger partial charge on any atom is -0.372 e. The van der Waals surface area contributed by atoms with E-state index in [1.54, 1.807) is 11.8 Å². The van der Waals surface area contributed by atoms with Crippen molar-refractivity contribution in [2.24, 2.45) is 0 Å². The van der Waals surface area contributed by atoms with Crippen LogP contribution >= 0.6 is 0 Å². The number of nitrogens with zero attached hydrogens (tertiary/aromatic N) is 2. The topological polar surface area (TPSA) is 32.8 Å². The Hall–Kier alpha value is -0.820. The maximum absolute atomic E-state index is 12.3. The van der Waals surface area contributed by atoms with Crippen LogP contribution in [0.25, 0.3) is 0 Å². The molecule has 0 saturated carbocycles. The number of rotatable bonds is 3. The predicted molar refractivity (Wildman–Crippen MR) is 60.2 cm³/mol. The normalized spacial score (nSPS) is 20.6. The molecule has 7 heteroatoms. The van der Waals surface area contributed by atoms with Gasteiger partial charge in [0, 0.05) is 33.3 Å². The largest absolute Gasteiger partial charge is 0.401 e. The summed E-state index contributed by atoms with van der Waals surface area (Å²) in [4.78, 5) is 14.7. The van der Waals surface area contributed by atoms with Crippen LogP contribution in [0.3, 0.4) is 0 Å². The summed E-state index contributed by atoms with van der Waals surface area (Å²) < 4.78 is 41.7. The monoisotopic (exact) mass is 268 g/mol. The second kappa shape index (κ2) is 6.38. The third-order valence-corrected chi connectivity index (χ3v) is 3.00. The summed E-state index contributed by atoms with van der Waals surface area (Å²) in [6, 6.07) is 0. The molecule has 0 radical (unpaired) electrons. The molecule has 1 fully saturated rings. The molecule has 1 aliphatic rings. The van der Waals surface area contributed by atoms with E-state index in [9.17, 15) is 18.0 Å². The summed E-state index contributed by atoms with van der Waals surface area (Å²) in [5.41, 5.74) is 0. The van der Waals surface area contributed by atoms with Crippen LogP contribution in [0.5, 0.6) is 0 Å². The number of ether oxygens (including phenoxy) is 1. The molecule has 0 aromatic carbocycles. The lowest BCUT2D eigenvalue weighted by molar-refractivity contribution is -0.146. The van der Waals surface area contributed by atoms with Gasteiger partial charge in [-0.2, -0.15) is 13.2 Å². The smallest absolute Gasteiger partial charge is 0.372 e. The van der Waals surface area contributed by atoms with Gasteiger partial charge in [-0.05, 0) is 13.3 Å². The van der Waals surface area contributed by atoms with E-state index in [-0.39, 0.29) is 12.5 Å². The third kappa shape index (κ3) is 4.81. The Morgan fingerprint density at radius 2 is 1.94 bits per heavy atom. The quantitative estimate of drug-likeness (QED) is 0.769. The van der Waals surface area contributed by atoms with E-state index < -0.39 is 18.8 Å². The molecular formula is C11H19F3N2O2. The van der Waals surface area contributed by atoms with Gasteiger partial charge in [0.15, 0.2) is 0 Å². The van der Waals surface area contributed by atoms with Crippen molar-refractivity contribution >= 4 is 5.91 Å². The third-order valence-electron chi connectivity index (χ3n) is 3.00. The fraction of sp³-hybridized carbons (Fsp3) is 0.909. The molecule has 1 amide bonds. The summed E-state index contributed by atoms with van der Waals surface area (Å²) >= 11 is 0. The van der Waals surface area contributed by atoms with Gasteiger partial charge in [0.1, 0.15) is 6.10 Å². The molecule has 0 aromatic heterocycles. The molecule has 0 N–H and O–H groups in total. The minimum atomic E-state index is -4.18. The maximum Gasteiger partial charge on any atom is 0.401 e. The van der Waals surface area contributed by atoms with E-state index in [0.717, 1.165) is 0 Å². The first-order chi connectivity index (χ1) is 8.33. The number of halogens is 3. The number of methoxy groups -OCH3 is 1. The molecule has 1 heterocycles. The van der Waals surface area contributed by atoms with Crippen molar-refractivity contribution in [2.45, 2.75) is 25.6 Å². The van der Waals surface area contributed by atoms with Crippen LogP contribution in [0, 0.1) is 0 Å². The highest BCUT2D eigenvalue weighted by molar-refractivity contribution is 5.80. The molecule has 1 saturated heterocycles. The number of carbonyl (C=O) groups excluding carboxylic acids is 1. The van der Waals surface area contributed by atoms with Crippen LogP contribution in [0.4, 0.5) is 13.2 Å². The Kier molecular flexibility index (Phi) is 5.40. The average Bonchev–Trinajstić information content (AvgIpc) is 2.50. The van der Waals surface area contributed by atoms with Crippen molar-refractivity contribution in [3.8, 4) is 0 Å². The molecule has 0 bridgehead atoms. The highest BCUT2D eigenvalue weighted by Gasteiger charge is 2.32. The summed E-state index contributed by atoms with van der Waals surface area (Å²) in [5.74, 6) is -0.161. The maximum atomic E-state index is 12.3. The summed E-state index contributed by atoms with van der Waals surface area (Å²) in [6.07, 6.45) is -4.17. The fourth-order valence-electron chi connectivity index (χ4n) is 1.96. The minimum absolute atomic E-state index is 0.161. The van der Waals surface area contributed by atoms with Gasteiger partial charge in [-0.15, -0.1) is 0 Å². The Labute approximate surface area is 105 Å². The van der Waals surface area contributed by atoms with Gasteiger partial charge in [0.2, 0.25) is 0 Å². The first-order valence-corrected chi connectivity index (χ1v) is 5.94. The van der Waals surface area contributed by atoms with E-state index in [2.05, 4.69) is 0 Å². The second-order valence-electron chi connectivity index (χ2n) is 4.45. The molecule has 1 unspecified atom stereocenters. The number of hydrogen-bond donors (Lipinski definition) is 0. The highest BCUT2D eigenvalue weighted by Crippen LogP contribution is 2.17. The number of hydrogen-bond acceptors (Lipinski definition) is 3. The average molecular weight is 268 g/mol. The zero-order valence-corrected chi connectivity index (χ0v) is 10.7. The fourth-order valence-corrected chi connectivity index (χ4v) is 1.96. The van der Waals surface area contributed by atoms with Crippen molar-refractivity contribution in [3.63, 3.8) is 0 Å². The highest BCUT2D eigenvalue weighted by atomic mass is 19.4.